The van der Waals surface area contributed by atoms with Crippen LogP contribution in [0.1, 0.15) is 48.5 Å². The number of carbonyl (C=O) groups is 4. The molecule has 2 N–H and O–H groups in total. The number of thiazole rings is 1. The number of carbonyl (C=O) groups excluding carboxylic acids is 4. The Morgan fingerprint density at radius 3 is 2.64 bits per heavy atom. The molecule has 0 saturated heterocycles. The third-order valence-electron chi connectivity index (χ3n) is 7.58. The summed E-state index contributed by atoms with van der Waals surface area (Å²) in [6.45, 7) is 3.29. The van der Waals surface area contributed by atoms with Gasteiger partial charge in [-0.3, -0.25) is 19.2 Å². The molecular weight excluding hydrogens is 584 g/mol. The van der Waals surface area contributed by atoms with Crippen molar-refractivity contribution >= 4 is 45.2 Å². The van der Waals surface area contributed by atoms with Crippen molar-refractivity contribution in [2.24, 2.45) is 5.41 Å². The van der Waals surface area contributed by atoms with E-state index in [-0.39, 0.29) is 43.9 Å². The molecule has 2 bridgehead atoms. The Morgan fingerprint density at radius 2 is 1.86 bits per heavy atom. The minimum absolute atomic E-state index is 0.0734. The highest BCUT2D eigenvalue weighted by Gasteiger charge is 2.40. The van der Waals surface area contributed by atoms with Crippen LogP contribution in [0.2, 0.25) is 0 Å². The maximum Gasteiger partial charge on any atom is 0.314 e. The lowest BCUT2D eigenvalue weighted by molar-refractivity contribution is -0.156. The van der Waals surface area contributed by atoms with Gasteiger partial charge in [-0.15, -0.1) is 11.3 Å². The van der Waals surface area contributed by atoms with Gasteiger partial charge in [-0.1, -0.05) is 12.1 Å². The summed E-state index contributed by atoms with van der Waals surface area (Å²) in [5, 5.41) is 5.80. The first-order chi connectivity index (χ1) is 21.3. The highest BCUT2D eigenvalue weighted by Crippen LogP contribution is 2.30. The van der Waals surface area contributed by atoms with Gasteiger partial charge in [0.2, 0.25) is 5.91 Å². The number of hydrogen-bond donors (Lipinski definition) is 2. The number of aromatic nitrogens is 1. The molecule has 3 aromatic rings. The zero-order valence-electron chi connectivity index (χ0n) is 25.3. The van der Waals surface area contributed by atoms with Gasteiger partial charge >= 0.3 is 5.97 Å². The molecule has 1 unspecified atom stereocenters. The second-order valence-corrected chi connectivity index (χ2v) is 11.7. The fraction of sp³-hybridized carbons (Fsp3) is 0.469. The lowest BCUT2D eigenvalue weighted by Crippen LogP contribution is -2.46. The van der Waals surface area contributed by atoms with E-state index in [1.165, 1.54) is 11.3 Å². The van der Waals surface area contributed by atoms with Gasteiger partial charge in [-0.25, -0.2) is 4.98 Å². The van der Waals surface area contributed by atoms with Crippen LogP contribution < -0.4 is 15.4 Å². The van der Waals surface area contributed by atoms with Crippen molar-refractivity contribution in [1.82, 2.24) is 20.5 Å². The number of hydrogen-bond acceptors (Lipinski definition) is 9. The molecule has 12 heteroatoms. The van der Waals surface area contributed by atoms with E-state index in [1.54, 1.807) is 42.6 Å². The molecule has 1 aromatic heterocycles. The van der Waals surface area contributed by atoms with Gasteiger partial charge in [0.1, 0.15) is 5.75 Å². The van der Waals surface area contributed by atoms with Gasteiger partial charge in [-0.2, -0.15) is 0 Å². The van der Waals surface area contributed by atoms with Crippen molar-refractivity contribution in [3.63, 3.8) is 0 Å². The van der Waals surface area contributed by atoms with Crippen molar-refractivity contribution in [3.8, 4) is 5.75 Å². The van der Waals surface area contributed by atoms with Crippen molar-refractivity contribution in [2.75, 3.05) is 53.1 Å². The van der Waals surface area contributed by atoms with E-state index in [9.17, 15) is 19.2 Å². The fourth-order valence-corrected chi connectivity index (χ4v) is 5.85. The Kier molecular flexibility index (Phi) is 12.1. The van der Waals surface area contributed by atoms with Crippen molar-refractivity contribution in [1.29, 1.82) is 0 Å². The van der Waals surface area contributed by atoms with Crippen LogP contribution in [0.4, 0.5) is 0 Å². The summed E-state index contributed by atoms with van der Waals surface area (Å²) in [4.78, 5) is 58.3. The monoisotopic (exact) mass is 624 g/mol. The van der Waals surface area contributed by atoms with Gasteiger partial charge in [0.25, 0.3) is 11.8 Å². The zero-order valence-corrected chi connectivity index (χ0v) is 26.1. The van der Waals surface area contributed by atoms with Crippen LogP contribution in [-0.2, 0) is 30.3 Å². The summed E-state index contributed by atoms with van der Waals surface area (Å²) in [6, 6.07) is 12.6. The van der Waals surface area contributed by atoms with Crippen LogP contribution in [-0.4, -0.2) is 86.7 Å². The summed E-state index contributed by atoms with van der Waals surface area (Å²) in [5.74, 6) is -0.540. The standard InChI is InChI=1S/C32H40N4O7S/c1-3-42-31(40)32(13-17-41-2)19-23-7-10-25(11-8-23)43-20-29(38)33-14-5-16-36(15-4-6-28(37)34-21-32)30(39)24-9-12-26-27(18-24)44-22-35-26/h7-12,18,22H,3-6,13-17,19-21H2,1-2H3,(H,33,38)(H,34,37). The molecule has 3 heterocycles. The van der Waals surface area contributed by atoms with Crippen molar-refractivity contribution in [3.05, 3.63) is 59.1 Å². The molecule has 2 aliphatic rings. The van der Waals surface area contributed by atoms with Gasteiger partial charge in [0, 0.05) is 51.9 Å². The first kappa shape index (κ1) is 32.9. The first-order valence-corrected chi connectivity index (χ1v) is 15.8. The summed E-state index contributed by atoms with van der Waals surface area (Å²) < 4.78 is 17.4. The van der Waals surface area contributed by atoms with E-state index < -0.39 is 11.4 Å². The SMILES string of the molecule is CCOC(=O)C1(CCOC)CNC(=O)CCCN(C(=O)c2ccc3ncsc3c2)CCCNC(=O)COc2ccc(cc2)C1. The molecule has 5 rings (SSSR count). The molecule has 2 aliphatic heterocycles. The summed E-state index contributed by atoms with van der Waals surface area (Å²) >= 11 is 1.47. The van der Waals surface area contributed by atoms with Crippen molar-refractivity contribution < 1.29 is 33.4 Å². The van der Waals surface area contributed by atoms with Gasteiger partial charge in [-0.05, 0) is 68.5 Å². The molecule has 1 atom stereocenters. The summed E-state index contributed by atoms with van der Waals surface area (Å²) in [5.41, 5.74) is 2.91. The number of esters is 1. The Balaban J connectivity index is 1.53. The van der Waals surface area contributed by atoms with Crippen LogP contribution in [0.3, 0.4) is 0 Å². The number of ether oxygens (including phenoxy) is 3. The number of amides is 3. The first-order valence-electron chi connectivity index (χ1n) is 14.9. The number of nitrogens with one attached hydrogen (secondary N) is 2. The highest BCUT2D eigenvalue weighted by atomic mass is 32.1. The van der Waals surface area contributed by atoms with Gasteiger partial charge in [0.05, 0.1) is 27.7 Å². The number of rotatable bonds is 6. The van der Waals surface area contributed by atoms with Gasteiger partial charge in [0.15, 0.2) is 6.61 Å². The smallest absolute Gasteiger partial charge is 0.314 e. The fourth-order valence-electron chi connectivity index (χ4n) is 5.13. The van der Waals surface area contributed by atoms with Crippen LogP contribution in [0.15, 0.2) is 48.0 Å². The van der Waals surface area contributed by atoms with Crippen molar-refractivity contribution in [2.45, 2.75) is 39.0 Å². The molecule has 0 fully saturated rings. The molecule has 0 aliphatic carbocycles. The lowest BCUT2D eigenvalue weighted by Gasteiger charge is -2.32. The molecule has 0 spiro atoms. The second kappa shape index (κ2) is 16.2. The molecule has 3 amide bonds. The zero-order chi connectivity index (χ0) is 31.4. The molecule has 236 valence electrons. The van der Waals surface area contributed by atoms with E-state index in [2.05, 4.69) is 15.6 Å². The van der Waals surface area contributed by atoms with Crippen LogP contribution in [0, 0.1) is 5.41 Å². The van der Waals surface area contributed by atoms with E-state index in [0.29, 0.717) is 63.2 Å². The third kappa shape index (κ3) is 8.99. The van der Waals surface area contributed by atoms with Crippen LogP contribution >= 0.6 is 11.3 Å². The number of nitrogens with zero attached hydrogens (tertiary/aromatic N) is 2. The van der Waals surface area contributed by atoms with Crippen LogP contribution in [0.5, 0.6) is 5.75 Å². The number of fused-ring (bicyclic) bond motifs is 18. The van der Waals surface area contributed by atoms with E-state index in [1.807, 2.05) is 24.3 Å². The Hall–Kier alpha value is -4.03. The van der Waals surface area contributed by atoms with E-state index >= 15 is 0 Å². The Labute approximate surface area is 261 Å². The van der Waals surface area contributed by atoms with E-state index in [4.69, 9.17) is 14.2 Å². The quantitative estimate of drug-likeness (QED) is 0.399. The molecule has 11 nitrogen and oxygen atoms in total. The maximum atomic E-state index is 13.5. The molecule has 0 saturated carbocycles. The number of benzene rings is 2. The third-order valence-corrected chi connectivity index (χ3v) is 8.37. The van der Waals surface area contributed by atoms with E-state index in [0.717, 1.165) is 15.8 Å². The predicted molar refractivity (Wildman–Crippen MR) is 167 cm³/mol. The average Bonchev–Trinajstić information content (AvgIpc) is 3.50. The summed E-state index contributed by atoms with van der Waals surface area (Å²) in [7, 11) is 1.56. The Bertz CT molecular complexity index is 1430. The maximum absolute atomic E-state index is 13.5. The minimum Gasteiger partial charge on any atom is -0.484 e. The topological polar surface area (TPSA) is 136 Å². The van der Waals surface area contributed by atoms with Crippen LogP contribution in [0.25, 0.3) is 10.2 Å². The molecule has 44 heavy (non-hydrogen) atoms. The predicted octanol–water partition coefficient (Wildman–Crippen LogP) is 3.36. The van der Waals surface area contributed by atoms with Gasteiger partial charge < -0.3 is 29.7 Å². The Morgan fingerprint density at radius 1 is 1.07 bits per heavy atom. The normalized spacial score (nSPS) is 19.1. The average molecular weight is 625 g/mol. The highest BCUT2D eigenvalue weighted by molar-refractivity contribution is 7.16. The molecule has 2 aromatic carbocycles. The molecular formula is C32H40N4O7S. The lowest BCUT2D eigenvalue weighted by atomic mass is 9.78. The summed E-state index contributed by atoms with van der Waals surface area (Å²) in [6.07, 6.45) is 1.77. The number of methoxy groups -OCH3 is 1. The minimum atomic E-state index is -1.05. The second-order valence-electron chi connectivity index (χ2n) is 10.8. The largest absolute Gasteiger partial charge is 0.484 e. The molecule has 0 radical (unpaired) electrons.